The lowest BCUT2D eigenvalue weighted by Crippen LogP contribution is -2.19. The van der Waals surface area contributed by atoms with E-state index in [0.717, 1.165) is 23.2 Å². The number of thioether (sulfide) groups is 1. The van der Waals surface area contributed by atoms with Gasteiger partial charge < -0.3 is 10.3 Å². The molecule has 2 N–H and O–H groups in total. The monoisotopic (exact) mass is 379 g/mol. The summed E-state index contributed by atoms with van der Waals surface area (Å²) in [5.41, 5.74) is 3.22. The Morgan fingerprint density at radius 1 is 1.11 bits per heavy atom. The third-order valence-corrected chi connectivity index (χ3v) is 4.95. The second-order valence-corrected chi connectivity index (χ2v) is 7.02. The molecule has 2 aromatic carbocycles. The summed E-state index contributed by atoms with van der Waals surface area (Å²) in [4.78, 5) is 31.4. The van der Waals surface area contributed by atoms with Crippen LogP contribution >= 0.6 is 11.8 Å². The molecule has 0 bridgehead atoms. The molecule has 3 rings (SSSR count). The standard InChI is InChI=1S/C21H21N3O2S/c1-2-16-10-6-7-11-18(16)23-19(25)12-17-13-20(26)24-21(22-17)27-14-15-8-4-3-5-9-15/h3-11,13H,2,12,14H2,1H3,(H,23,25)(H,22,24,26). The number of rotatable bonds is 7. The maximum absolute atomic E-state index is 12.4. The molecule has 0 spiro atoms. The zero-order chi connectivity index (χ0) is 19.1. The Bertz CT molecular complexity index is 970. The van der Waals surface area contributed by atoms with Crippen LogP contribution in [0.1, 0.15) is 23.7 Å². The summed E-state index contributed by atoms with van der Waals surface area (Å²) in [6.07, 6.45) is 0.890. The van der Waals surface area contributed by atoms with Crippen LogP contribution in [0.5, 0.6) is 0 Å². The molecule has 1 amide bonds. The van der Waals surface area contributed by atoms with Crippen LogP contribution in [-0.4, -0.2) is 15.9 Å². The van der Waals surface area contributed by atoms with Crippen LogP contribution in [0.2, 0.25) is 0 Å². The first-order valence-electron chi connectivity index (χ1n) is 8.78. The molecule has 1 aromatic heterocycles. The van der Waals surface area contributed by atoms with E-state index in [1.165, 1.54) is 17.8 Å². The van der Waals surface area contributed by atoms with Gasteiger partial charge in [0.1, 0.15) is 0 Å². The van der Waals surface area contributed by atoms with Crippen LogP contribution in [0.3, 0.4) is 0 Å². The normalized spacial score (nSPS) is 10.6. The molecule has 1 heterocycles. The molecule has 0 fully saturated rings. The van der Waals surface area contributed by atoms with Crippen LogP contribution in [0, 0.1) is 0 Å². The van der Waals surface area contributed by atoms with Crippen LogP contribution in [-0.2, 0) is 23.4 Å². The molecule has 5 nitrogen and oxygen atoms in total. The molecule has 0 saturated heterocycles. The van der Waals surface area contributed by atoms with Crippen LogP contribution < -0.4 is 10.9 Å². The number of aromatic amines is 1. The Morgan fingerprint density at radius 3 is 2.63 bits per heavy atom. The van der Waals surface area contributed by atoms with Crippen LogP contribution in [0.4, 0.5) is 5.69 Å². The number of anilines is 1. The largest absolute Gasteiger partial charge is 0.325 e. The smallest absolute Gasteiger partial charge is 0.251 e. The quantitative estimate of drug-likeness (QED) is 0.484. The molecular formula is C21H21N3O2S. The van der Waals surface area contributed by atoms with E-state index in [1.54, 1.807) is 0 Å². The Kier molecular flexibility index (Phi) is 6.44. The van der Waals surface area contributed by atoms with Crippen molar-refractivity contribution in [2.24, 2.45) is 0 Å². The average molecular weight is 379 g/mol. The van der Waals surface area contributed by atoms with Crippen molar-refractivity contribution in [3.63, 3.8) is 0 Å². The molecule has 0 aliphatic carbocycles. The Hall–Kier alpha value is -2.86. The van der Waals surface area contributed by atoms with Crippen molar-refractivity contribution in [2.45, 2.75) is 30.7 Å². The zero-order valence-electron chi connectivity index (χ0n) is 15.1. The van der Waals surface area contributed by atoms with Gasteiger partial charge >= 0.3 is 0 Å². The van der Waals surface area contributed by atoms with Crippen molar-refractivity contribution in [3.8, 4) is 0 Å². The van der Waals surface area contributed by atoms with Gasteiger partial charge in [0.05, 0.1) is 12.1 Å². The number of hydrogen-bond donors (Lipinski definition) is 2. The number of hydrogen-bond acceptors (Lipinski definition) is 4. The number of para-hydroxylation sites is 1. The van der Waals surface area contributed by atoms with E-state index in [0.29, 0.717) is 16.6 Å². The van der Waals surface area contributed by atoms with E-state index in [-0.39, 0.29) is 17.9 Å². The highest BCUT2D eigenvalue weighted by Gasteiger charge is 2.10. The summed E-state index contributed by atoms with van der Waals surface area (Å²) < 4.78 is 0. The van der Waals surface area contributed by atoms with Crippen molar-refractivity contribution in [1.82, 2.24) is 9.97 Å². The average Bonchev–Trinajstić information content (AvgIpc) is 2.67. The molecule has 3 aromatic rings. The molecule has 27 heavy (non-hydrogen) atoms. The first kappa shape index (κ1) is 18.9. The topological polar surface area (TPSA) is 74.8 Å². The van der Waals surface area contributed by atoms with Crippen LogP contribution in [0.25, 0.3) is 0 Å². The first-order valence-corrected chi connectivity index (χ1v) is 9.77. The van der Waals surface area contributed by atoms with Crippen molar-refractivity contribution < 1.29 is 4.79 Å². The van der Waals surface area contributed by atoms with Crippen molar-refractivity contribution in [3.05, 3.63) is 87.8 Å². The summed E-state index contributed by atoms with van der Waals surface area (Å²) in [7, 11) is 0. The van der Waals surface area contributed by atoms with E-state index in [4.69, 9.17) is 0 Å². The molecular weight excluding hydrogens is 358 g/mol. The Balaban J connectivity index is 1.66. The van der Waals surface area contributed by atoms with Gasteiger partial charge in [0, 0.05) is 17.5 Å². The van der Waals surface area contributed by atoms with Gasteiger partial charge in [-0.1, -0.05) is 67.2 Å². The number of nitrogens with zero attached hydrogens (tertiary/aromatic N) is 1. The van der Waals surface area contributed by atoms with E-state index in [2.05, 4.69) is 15.3 Å². The lowest BCUT2D eigenvalue weighted by atomic mass is 10.1. The number of aromatic nitrogens is 2. The predicted octanol–water partition coefficient (Wildman–Crippen LogP) is 3.81. The highest BCUT2D eigenvalue weighted by molar-refractivity contribution is 7.98. The third kappa shape index (κ3) is 5.56. The Morgan fingerprint density at radius 2 is 1.85 bits per heavy atom. The van der Waals surface area contributed by atoms with Gasteiger partial charge in [-0.25, -0.2) is 4.98 Å². The highest BCUT2D eigenvalue weighted by Crippen LogP contribution is 2.19. The van der Waals surface area contributed by atoms with Gasteiger partial charge in [-0.3, -0.25) is 9.59 Å². The number of amides is 1. The molecule has 0 aliphatic rings. The van der Waals surface area contributed by atoms with Crippen LogP contribution in [0.15, 0.2) is 70.6 Å². The second-order valence-electron chi connectivity index (χ2n) is 6.05. The van der Waals surface area contributed by atoms with Crippen molar-refractivity contribution in [2.75, 3.05) is 5.32 Å². The molecule has 6 heteroatoms. The lowest BCUT2D eigenvalue weighted by molar-refractivity contribution is -0.115. The predicted molar refractivity (Wildman–Crippen MR) is 109 cm³/mol. The number of H-pyrrole nitrogens is 1. The van der Waals surface area contributed by atoms with E-state index in [9.17, 15) is 9.59 Å². The minimum atomic E-state index is -0.252. The maximum atomic E-state index is 12.4. The SMILES string of the molecule is CCc1ccccc1NC(=O)Cc1cc(=O)[nH]c(SCc2ccccc2)n1. The van der Waals surface area contributed by atoms with Gasteiger partial charge in [-0.05, 0) is 23.6 Å². The van der Waals surface area contributed by atoms with Gasteiger partial charge in [-0.2, -0.15) is 0 Å². The minimum absolute atomic E-state index is 0.0564. The van der Waals surface area contributed by atoms with Gasteiger partial charge in [0.2, 0.25) is 5.91 Å². The second kappa shape index (κ2) is 9.19. The lowest BCUT2D eigenvalue weighted by Gasteiger charge is -2.09. The number of aryl methyl sites for hydroxylation is 1. The summed E-state index contributed by atoms with van der Waals surface area (Å²) in [6, 6.07) is 19.0. The van der Waals surface area contributed by atoms with E-state index in [1.807, 2.05) is 61.5 Å². The third-order valence-electron chi connectivity index (χ3n) is 4.01. The van der Waals surface area contributed by atoms with Gasteiger partial charge in [0.15, 0.2) is 5.16 Å². The fraction of sp³-hybridized carbons (Fsp3) is 0.190. The molecule has 0 atom stereocenters. The fourth-order valence-electron chi connectivity index (χ4n) is 2.68. The number of carbonyl (C=O) groups excluding carboxylic acids is 1. The molecule has 0 saturated carbocycles. The number of nitrogens with one attached hydrogen (secondary N) is 2. The van der Waals surface area contributed by atoms with Crippen molar-refractivity contribution >= 4 is 23.4 Å². The first-order chi connectivity index (χ1) is 13.1. The summed E-state index contributed by atoms with van der Waals surface area (Å²) >= 11 is 1.44. The summed E-state index contributed by atoms with van der Waals surface area (Å²) in [5.74, 6) is 0.511. The summed E-state index contributed by atoms with van der Waals surface area (Å²) in [6.45, 7) is 2.04. The maximum Gasteiger partial charge on any atom is 0.251 e. The highest BCUT2D eigenvalue weighted by atomic mass is 32.2. The fourth-order valence-corrected chi connectivity index (χ4v) is 3.53. The molecule has 0 radical (unpaired) electrons. The molecule has 0 unspecified atom stereocenters. The molecule has 0 aliphatic heterocycles. The van der Waals surface area contributed by atoms with Gasteiger partial charge in [-0.15, -0.1) is 0 Å². The number of benzene rings is 2. The summed E-state index contributed by atoms with van der Waals surface area (Å²) in [5, 5.41) is 3.43. The molecule has 138 valence electrons. The zero-order valence-corrected chi connectivity index (χ0v) is 15.9. The van der Waals surface area contributed by atoms with E-state index < -0.39 is 0 Å². The van der Waals surface area contributed by atoms with Crippen molar-refractivity contribution in [1.29, 1.82) is 0 Å². The minimum Gasteiger partial charge on any atom is -0.325 e. The Labute approximate surface area is 162 Å². The van der Waals surface area contributed by atoms with Gasteiger partial charge in [0.25, 0.3) is 5.56 Å². The van der Waals surface area contributed by atoms with E-state index >= 15 is 0 Å². The number of carbonyl (C=O) groups is 1.